The van der Waals surface area contributed by atoms with Crippen molar-refractivity contribution in [1.82, 2.24) is 9.88 Å². The van der Waals surface area contributed by atoms with Crippen molar-refractivity contribution in [1.29, 1.82) is 0 Å². The number of carboxylic acid groups (broad SMARTS) is 1. The van der Waals surface area contributed by atoms with Crippen LogP contribution in [0.2, 0.25) is 0 Å². The van der Waals surface area contributed by atoms with Crippen LogP contribution >= 0.6 is 0 Å². The largest absolute Gasteiger partial charge is 0.478 e. The molecule has 1 amide bonds. The predicted molar refractivity (Wildman–Crippen MR) is 122 cm³/mol. The highest BCUT2D eigenvalue weighted by atomic mass is 19.4. The van der Waals surface area contributed by atoms with Crippen LogP contribution in [0.1, 0.15) is 27.0 Å². The summed E-state index contributed by atoms with van der Waals surface area (Å²) in [7, 11) is 0. The van der Waals surface area contributed by atoms with Gasteiger partial charge in [-0.2, -0.15) is 13.2 Å². The van der Waals surface area contributed by atoms with Gasteiger partial charge in [0, 0.05) is 32.4 Å². The predicted octanol–water partition coefficient (Wildman–Crippen LogP) is 4.71. The van der Waals surface area contributed by atoms with Gasteiger partial charge in [-0.15, -0.1) is 0 Å². The number of nitrogens with zero attached hydrogens (tertiary/aromatic N) is 3. The van der Waals surface area contributed by atoms with Crippen molar-refractivity contribution in [2.45, 2.75) is 12.6 Å². The molecule has 1 N–H and O–H groups in total. The fraction of sp³-hybridized carbons (Fsp3) is 0.240. The second kappa shape index (κ2) is 10.0. The van der Waals surface area contributed by atoms with E-state index in [0.717, 1.165) is 23.3 Å². The van der Waals surface area contributed by atoms with Gasteiger partial charge in [-0.25, -0.2) is 14.6 Å². The number of alkyl halides is 3. The highest BCUT2D eigenvalue weighted by Crippen LogP contribution is 2.29. The number of aromatic nitrogens is 1. The molecular formula is C25H22F3N3O4. The molecular weight excluding hydrogens is 463 g/mol. The molecule has 0 bridgehead atoms. The number of carbonyl (C=O) groups is 2. The van der Waals surface area contributed by atoms with Gasteiger partial charge in [0.15, 0.2) is 0 Å². The summed E-state index contributed by atoms with van der Waals surface area (Å²) >= 11 is 0. The molecule has 0 unspecified atom stereocenters. The second-order valence-corrected chi connectivity index (χ2v) is 8.07. The smallest absolute Gasteiger partial charge is 0.416 e. The van der Waals surface area contributed by atoms with Crippen molar-refractivity contribution in [3.63, 3.8) is 0 Å². The number of amides is 1. The van der Waals surface area contributed by atoms with Gasteiger partial charge in [-0.05, 0) is 53.9 Å². The average Bonchev–Trinajstić information content (AvgIpc) is 2.85. The van der Waals surface area contributed by atoms with E-state index in [-0.39, 0.29) is 5.56 Å². The third-order valence-electron chi connectivity index (χ3n) is 5.67. The van der Waals surface area contributed by atoms with E-state index in [1.54, 1.807) is 35.2 Å². The Hall–Kier alpha value is -4.08. The fourth-order valence-corrected chi connectivity index (χ4v) is 3.71. The molecule has 0 radical (unpaired) electrons. The second-order valence-electron chi connectivity index (χ2n) is 8.07. The van der Waals surface area contributed by atoms with E-state index in [1.807, 2.05) is 4.90 Å². The first-order valence-electron chi connectivity index (χ1n) is 10.9. The lowest BCUT2D eigenvalue weighted by Crippen LogP contribution is -2.49. The number of carbonyl (C=O) groups excluding carboxylic acids is 1. The minimum Gasteiger partial charge on any atom is -0.478 e. The molecule has 4 rings (SSSR count). The van der Waals surface area contributed by atoms with Crippen molar-refractivity contribution in [3.8, 4) is 5.75 Å². The molecule has 0 atom stereocenters. The van der Waals surface area contributed by atoms with Crippen molar-refractivity contribution < 1.29 is 32.6 Å². The maximum absolute atomic E-state index is 12.7. The molecule has 1 aliphatic rings. The van der Waals surface area contributed by atoms with Crippen molar-refractivity contribution in [2.24, 2.45) is 0 Å². The van der Waals surface area contributed by atoms with Crippen LogP contribution in [0.4, 0.5) is 23.8 Å². The van der Waals surface area contributed by atoms with Gasteiger partial charge in [-0.3, -0.25) is 0 Å². The number of hydrogen-bond acceptors (Lipinski definition) is 5. The molecule has 1 aromatic heterocycles. The Kier molecular flexibility index (Phi) is 6.90. The summed E-state index contributed by atoms with van der Waals surface area (Å²) in [6.45, 7) is 1.90. The third-order valence-corrected chi connectivity index (χ3v) is 5.67. The van der Waals surface area contributed by atoms with Gasteiger partial charge in [0.2, 0.25) is 0 Å². The molecule has 1 fully saturated rings. The molecule has 10 heteroatoms. The van der Waals surface area contributed by atoms with Crippen LogP contribution in [0.15, 0.2) is 66.9 Å². The zero-order chi connectivity index (χ0) is 25.0. The third kappa shape index (κ3) is 6.08. The molecule has 0 saturated carbocycles. The molecule has 2 heterocycles. The van der Waals surface area contributed by atoms with Crippen molar-refractivity contribution in [3.05, 3.63) is 89.1 Å². The van der Waals surface area contributed by atoms with Gasteiger partial charge in [0.1, 0.15) is 11.6 Å². The SMILES string of the molecule is O=C(O)c1ccc(N2CCN(C(=O)Oc3ccc(Cc4ccc(C(F)(F)F)cc4)cc3)CC2)nc1. The number of carboxylic acids is 1. The maximum Gasteiger partial charge on any atom is 0.416 e. The first kappa shape index (κ1) is 24.1. The Bertz CT molecular complexity index is 1170. The lowest BCUT2D eigenvalue weighted by atomic mass is 10.0. The van der Waals surface area contributed by atoms with Gasteiger partial charge in [-0.1, -0.05) is 24.3 Å². The van der Waals surface area contributed by atoms with Gasteiger partial charge in [0.05, 0.1) is 11.1 Å². The van der Waals surface area contributed by atoms with Crippen molar-refractivity contribution in [2.75, 3.05) is 31.1 Å². The quantitative estimate of drug-likeness (QED) is 0.564. The summed E-state index contributed by atoms with van der Waals surface area (Å²) in [6, 6.07) is 15.0. The maximum atomic E-state index is 12.7. The van der Waals surface area contributed by atoms with E-state index in [9.17, 15) is 22.8 Å². The number of halogens is 3. The topological polar surface area (TPSA) is 83.0 Å². The molecule has 7 nitrogen and oxygen atoms in total. The van der Waals surface area contributed by atoms with Crippen LogP contribution in [0.5, 0.6) is 5.75 Å². The summed E-state index contributed by atoms with van der Waals surface area (Å²) in [5.74, 6) is -0.0181. The number of ether oxygens (including phenoxy) is 1. The van der Waals surface area contributed by atoms with E-state index in [4.69, 9.17) is 9.84 Å². The Morgan fingerprint density at radius 2 is 1.49 bits per heavy atom. The van der Waals surface area contributed by atoms with Crippen LogP contribution in [0.25, 0.3) is 0 Å². The summed E-state index contributed by atoms with van der Waals surface area (Å²) in [6.07, 6.45) is -3.08. The fourth-order valence-electron chi connectivity index (χ4n) is 3.71. The zero-order valence-electron chi connectivity index (χ0n) is 18.5. The van der Waals surface area contributed by atoms with Gasteiger partial charge in [0.25, 0.3) is 0 Å². The Labute approximate surface area is 199 Å². The molecule has 1 saturated heterocycles. The van der Waals surface area contributed by atoms with Crippen LogP contribution < -0.4 is 9.64 Å². The van der Waals surface area contributed by atoms with Crippen molar-refractivity contribution >= 4 is 17.9 Å². The molecule has 1 aliphatic heterocycles. The van der Waals surface area contributed by atoms with E-state index in [1.165, 1.54) is 24.4 Å². The minimum atomic E-state index is -4.36. The highest BCUT2D eigenvalue weighted by Gasteiger charge is 2.30. The number of pyridine rings is 1. The Morgan fingerprint density at radius 1 is 0.886 bits per heavy atom. The average molecular weight is 485 g/mol. The number of rotatable bonds is 5. The summed E-state index contributed by atoms with van der Waals surface area (Å²) in [4.78, 5) is 31.2. The minimum absolute atomic E-state index is 0.112. The lowest BCUT2D eigenvalue weighted by molar-refractivity contribution is -0.137. The zero-order valence-corrected chi connectivity index (χ0v) is 18.5. The monoisotopic (exact) mass is 485 g/mol. The number of anilines is 1. The lowest BCUT2D eigenvalue weighted by Gasteiger charge is -2.34. The first-order chi connectivity index (χ1) is 16.7. The number of piperazine rings is 1. The Balaban J connectivity index is 1.27. The van der Waals surface area contributed by atoms with E-state index in [2.05, 4.69) is 4.98 Å². The van der Waals surface area contributed by atoms with Crippen LogP contribution in [-0.2, 0) is 12.6 Å². The Morgan fingerprint density at radius 3 is 2.00 bits per heavy atom. The first-order valence-corrected chi connectivity index (χ1v) is 10.9. The van der Waals surface area contributed by atoms with E-state index < -0.39 is 23.8 Å². The molecule has 0 spiro atoms. The van der Waals surface area contributed by atoms with E-state index in [0.29, 0.717) is 44.2 Å². The number of hydrogen-bond donors (Lipinski definition) is 1. The summed E-state index contributed by atoms with van der Waals surface area (Å²) in [5, 5.41) is 8.97. The van der Waals surface area contributed by atoms with E-state index >= 15 is 0 Å². The highest BCUT2D eigenvalue weighted by molar-refractivity contribution is 5.87. The molecule has 3 aromatic rings. The summed E-state index contributed by atoms with van der Waals surface area (Å²) < 4.78 is 43.5. The van der Waals surface area contributed by atoms with Crippen LogP contribution in [-0.4, -0.2) is 53.2 Å². The standard InChI is InChI=1S/C25H22F3N3O4/c26-25(27,28)20-6-1-17(2-7-20)15-18-3-8-21(9-4-18)35-24(34)31-13-11-30(12-14-31)22-10-5-19(16-29-22)23(32)33/h1-10,16H,11-15H2,(H,32,33). The van der Waals surface area contributed by atoms with Gasteiger partial charge >= 0.3 is 18.2 Å². The molecule has 0 aliphatic carbocycles. The van der Waals surface area contributed by atoms with Gasteiger partial charge < -0.3 is 19.6 Å². The molecule has 35 heavy (non-hydrogen) atoms. The normalized spacial score (nSPS) is 14.0. The molecule has 2 aromatic carbocycles. The van der Waals surface area contributed by atoms with Crippen LogP contribution in [0, 0.1) is 0 Å². The molecule has 182 valence electrons. The van der Waals surface area contributed by atoms with Crippen LogP contribution in [0.3, 0.4) is 0 Å². The number of benzene rings is 2. The number of aromatic carboxylic acids is 1. The summed E-state index contributed by atoms with van der Waals surface area (Å²) in [5.41, 5.74) is 1.05.